The second-order valence-electron chi connectivity index (χ2n) is 5.26. The Labute approximate surface area is 128 Å². The Morgan fingerprint density at radius 1 is 1.09 bits per heavy atom. The van der Waals surface area contributed by atoms with Crippen LogP contribution in [0.4, 0.5) is 10.5 Å². The summed E-state index contributed by atoms with van der Waals surface area (Å²) in [6, 6.07) is 16.6. The maximum atomic E-state index is 12.3. The van der Waals surface area contributed by atoms with E-state index in [9.17, 15) is 9.59 Å². The van der Waals surface area contributed by atoms with Gasteiger partial charge in [-0.05, 0) is 36.2 Å². The highest BCUT2D eigenvalue weighted by Crippen LogP contribution is 2.43. The molecule has 1 saturated carbocycles. The summed E-state index contributed by atoms with van der Waals surface area (Å²) in [6.07, 6.45) is -0.192. The fourth-order valence-electron chi connectivity index (χ4n) is 2.44. The maximum Gasteiger partial charge on any atom is 0.404 e. The molecule has 1 aliphatic carbocycles. The van der Waals surface area contributed by atoms with Crippen molar-refractivity contribution in [2.24, 2.45) is 5.73 Å². The summed E-state index contributed by atoms with van der Waals surface area (Å²) in [5, 5.41) is 2.84. The molecule has 0 bridgehead atoms. The van der Waals surface area contributed by atoms with Gasteiger partial charge in [0.1, 0.15) is 6.10 Å². The summed E-state index contributed by atoms with van der Waals surface area (Å²) >= 11 is 0. The van der Waals surface area contributed by atoms with Crippen LogP contribution in [-0.4, -0.2) is 18.1 Å². The van der Waals surface area contributed by atoms with Gasteiger partial charge in [0, 0.05) is 17.2 Å². The zero-order chi connectivity index (χ0) is 15.5. The van der Waals surface area contributed by atoms with Gasteiger partial charge >= 0.3 is 6.09 Å². The Balaban J connectivity index is 1.69. The molecule has 2 atom stereocenters. The van der Waals surface area contributed by atoms with Crippen LogP contribution < -0.4 is 11.1 Å². The third-order valence-corrected chi connectivity index (χ3v) is 3.61. The van der Waals surface area contributed by atoms with Crippen LogP contribution in [0.1, 0.15) is 28.3 Å². The largest absolute Gasteiger partial charge is 0.446 e. The van der Waals surface area contributed by atoms with Crippen molar-refractivity contribution in [2.75, 3.05) is 5.32 Å². The second-order valence-corrected chi connectivity index (χ2v) is 5.26. The smallest absolute Gasteiger partial charge is 0.404 e. The van der Waals surface area contributed by atoms with Crippen molar-refractivity contribution in [3.63, 3.8) is 0 Å². The maximum absolute atomic E-state index is 12.3. The normalized spacial score (nSPS) is 19.3. The number of rotatable bonds is 4. The van der Waals surface area contributed by atoms with Crippen LogP contribution in [-0.2, 0) is 4.74 Å². The lowest BCUT2D eigenvalue weighted by Crippen LogP contribution is -2.15. The van der Waals surface area contributed by atoms with E-state index in [0.29, 0.717) is 5.56 Å². The summed E-state index contributed by atoms with van der Waals surface area (Å²) in [5.41, 5.74) is 7.32. The van der Waals surface area contributed by atoms with Gasteiger partial charge in [0.05, 0.1) is 0 Å². The third-order valence-electron chi connectivity index (χ3n) is 3.61. The minimum absolute atomic E-state index is 0.122. The highest BCUT2D eigenvalue weighted by Gasteiger charge is 2.41. The van der Waals surface area contributed by atoms with Gasteiger partial charge in [-0.15, -0.1) is 0 Å². The van der Waals surface area contributed by atoms with E-state index in [0.717, 1.165) is 17.7 Å². The van der Waals surface area contributed by atoms with Crippen LogP contribution in [0.3, 0.4) is 0 Å². The van der Waals surface area contributed by atoms with E-state index in [2.05, 4.69) is 5.32 Å². The number of primary amides is 1. The Morgan fingerprint density at radius 2 is 1.86 bits per heavy atom. The van der Waals surface area contributed by atoms with E-state index in [1.165, 1.54) is 0 Å². The third kappa shape index (κ3) is 3.25. The van der Waals surface area contributed by atoms with Gasteiger partial charge in [-0.2, -0.15) is 0 Å². The summed E-state index contributed by atoms with van der Waals surface area (Å²) in [7, 11) is 0. The lowest BCUT2D eigenvalue weighted by atomic mass is 10.1. The molecule has 1 aliphatic rings. The molecule has 5 nitrogen and oxygen atoms in total. The van der Waals surface area contributed by atoms with Crippen molar-refractivity contribution >= 4 is 17.7 Å². The topological polar surface area (TPSA) is 81.4 Å². The molecule has 0 unspecified atom stereocenters. The molecule has 0 radical (unpaired) electrons. The van der Waals surface area contributed by atoms with Crippen LogP contribution in [0.25, 0.3) is 0 Å². The molecule has 3 N–H and O–H groups in total. The first-order valence-corrected chi connectivity index (χ1v) is 7.06. The van der Waals surface area contributed by atoms with Crippen molar-refractivity contribution in [1.29, 1.82) is 0 Å². The van der Waals surface area contributed by atoms with Crippen molar-refractivity contribution < 1.29 is 14.3 Å². The first kappa shape index (κ1) is 14.1. The summed E-state index contributed by atoms with van der Waals surface area (Å²) < 4.78 is 4.96. The number of nitrogens with one attached hydrogen (secondary N) is 1. The summed E-state index contributed by atoms with van der Waals surface area (Å²) in [5.74, 6) is -0.0435. The summed E-state index contributed by atoms with van der Waals surface area (Å²) in [6.45, 7) is 0. The molecule has 112 valence electrons. The van der Waals surface area contributed by atoms with Crippen molar-refractivity contribution in [3.05, 3.63) is 65.7 Å². The Bertz CT molecular complexity index is 700. The Hall–Kier alpha value is -2.82. The number of amides is 2. The van der Waals surface area contributed by atoms with Gasteiger partial charge in [0.15, 0.2) is 0 Å². The number of hydrogen-bond donors (Lipinski definition) is 2. The summed E-state index contributed by atoms with van der Waals surface area (Å²) in [4.78, 5) is 23.0. The number of anilines is 1. The predicted molar refractivity (Wildman–Crippen MR) is 82.7 cm³/mol. The fraction of sp³-hybridized carbons (Fsp3) is 0.176. The first-order chi connectivity index (χ1) is 10.6. The lowest BCUT2D eigenvalue weighted by Gasteiger charge is -2.07. The van der Waals surface area contributed by atoms with Crippen LogP contribution in [0.5, 0.6) is 0 Å². The molecular formula is C17H16N2O3. The highest BCUT2D eigenvalue weighted by atomic mass is 16.6. The lowest BCUT2D eigenvalue weighted by molar-refractivity contribution is 0.102. The van der Waals surface area contributed by atoms with Gasteiger partial charge in [-0.25, -0.2) is 4.79 Å². The van der Waals surface area contributed by atoms with E-state index < -0.39 is 6.09 Å². The molecule has 0 saturated heterocycles. The zero-order valence-corrected chi connectivity index (χ0v) is 11.9. The number of para-hydroxylation sites is 1. The Kier molecular flexibility index (Phi) is 3.78. The first-order valence-electron chi connectivity index (χ1n) is 7.06. The molecule has 0 aliphatic heterocycles. The zero-order valence-electron chi connectivity index (χ0n) is 11.9. The van der Waals surface area contributed by atoms with E-state index in [-0.39, 0.29) is 17.9 Å². The van der Waals surface area contributed by atoms with E-state index in [1.807, 2.05) is 48.5 Å². The molecule has 5 heteroatoms. The number of nitrogens with two attached hydrogens (primary N) is 1. The van der Waals surface area contributed by atoms with Crippen LogP contribution >= 0.6 is 0 Å². The molecule has 0 spiro atoms. The van der Waals surface area contributed by atoms with Gasteiger partial charge in [0.2, 0.25) is 0 Å². The van der Waals surface area contributed by atoms with Crippen molar-refractivity contribution in [3.8, 4) is 0 Å². The standard InChI is InChI=1S/C17H16N2O3/c18-17(21)22-15-10-14(15)11-5-4-6-12(9-11)16(20)19-13-7-2-1-3-8-13/h1-9,14-15H,10H2,(H2,18,21)(H,19,20)/t14-,15+/m0/s1. The van der Waals surface area contributed by atoms with Gasteiger partial charge in [-0.1, -0.05) is 30.3 Å². The fourth-order valence-corrected chi connectivity index (χ4v) is 2.44. The quantitative estimate of drug-likeness (QED) is 0.910. The minimum atomic E-state index is -0.759. The number of benzene rings is 2. The van der Waals surface area contributed by atoms with Crippen molar-refractivity contribution in [2.45, 2.75) is 18.4 Å². The van der Waals surface area contributed by atoms with Crippen LogP contribution in [0.2, 0.25) is 0 Å². The monoisotopic (exact) mass is 296 g/mol. The number of carbonyl (C=O) groups excluding carboxylic acids is 2. The van der Waals surface area contributed by atoms with Gasteiger partial charge < -0.3 is 15.8 Å². The number of carbonyl (C=O) groups is 2. The second kappa shape index (κ2) is 5.89. The molecule has 1 fully saturated rings. The molecule has 2 aromatic carbocycles. The number of hydrogen-bond acceptors (Lipinski definition) is 3. The Morgan fingerprint density at radius 3 is 2.59 bits per heavy atom. The molecule has 22 heavy (non-hydrogen) atoms. The molecule has 2 amide bonds. The van der Waals surface area contributed by atoms with Crippen LogP contribution in [0, 0.1) is 0 Å². The molecule has 0 aromatic heterocycles. The average molecular weight is 296 g/mol. The van der Waals surface area contributed by atoms with E-state index in [4.69, 9.17) is 10.5 Å². The molecule has 2 aromatic rings. The molecule has 3 rings (SSSR count). The molecule has 0 heterocycles. The van der Waals surface area contributed by atoms with Gasteiger partial charge in [-0.3, -0.25) is 4.79 Å². The SMILES string of the molecule is NC(=O)O[C@@H]1C[C@H]1c1cccc(C(=O)Nc2ccccc2)c1. The highest BCUT2D eigenvalue weighted by molar-refractivity contribution is 6.04. The predicted octanol–water partition coefficient (Wildman–Crippen LogP) is 2.89. The van der Waals surface area contributed by atoms with Gasteiger partial charge in [0.25, 0.3) is 5.91 Å². The number of ether oxygens (including phenoxy) is 1. The minimum Gasteiger partial charge on any atom is -0.446 e. The van der Waals surface area contributed by atoms with E-state index >= 15 is 0 Å². The van der Waals surface area contributed by atoms with E-state index in [1.54, 1.807) is 6.07 Å². The van der Waals surface area contributed by atoms with Crippen molar-refractivity contribution in [1.82, 2.24) is 0 Å². The molecular weight excluding hydrogens is 280 g/mol. The van der Waals surface area contributed by atoms with Crippen LogP contribution in [0.15, 0.2) is 54.6 Å². The average Bonchev–Trinajstić information content (AvgIpc) is 3.27.